The molecular formula is C29H25F4N3O3S. The smallest absolute Gasteiger partial charge is 0.296 e. The van der Waals surface area contributed by atoms with Crippen LogP contribution in [0, 0.1) is 18.7 Å². The van der Waals surface area contributed by atoms with Crippen LogP contribution in [0.3, 0.4) is 0 Å². The van der Waals surface area contributed by atoms with E-state index in [0.29, 0.717) is 34.4 Å². The van der Waals surface area contributed by atoms with E-state index in [1.165, 1.54) is 29.2 Å². The van der Waals surface area contributed by atoms with Gasteiger partial charge in [-0.15, -0.1) is 0 Å². The molecule has 1 aliphatic rings. The number of fused-ring (bicyclic) bond motifs is 1. The number of amides is 1. The van der Waals surface area contributed by atoms with Gasteiger partial charge in [0.2, 0.25) is 5.91 Å². The number of rotatable bonds is 6. The van der Waals surface area contributed by atoms with E-state index in [0.717, 1.165) is 18.2 Å². The number of hydrogen-bond donors (Lipinski definition) is 0. The lowest BCUT2D eigenvalue weighted by Crippen LogP contribution is -2.47. The molecule has 4 aromatic rings. The molecule has 0 radical (unpaired) electrons. The molecule has 0 spiro atoms. The van der Waals surface area contributed by atoms with E-state index in [2.05, 4.69) is 0 Å². The summed E-state index contributed by atoms with van der Waals surface area (Å²) in [5.74, 6) is -3.35. The standard InChI is InChI=1S/C29H25F4N3O3S/c1-3-35-27-25(18(2)34-36(27)22-9-5-4-6-10-22)26(19-12-14-21(30)15-13-19)24(28(35)37)17-40(38,39)23-11-7-8-20(16-23)29(31,32)33/h4-16,24,26H,3,17H2,1-2H3/t24-,26+/m0/s1. The quantitative estimate of drug-likeness (QED) is 0.269. The number of nitrogens with zero attached hydrogens (tertiary/aromatic N) is 3. The maximum atomic E-state index is 14.1. The second-order valence-electron chi connectivity index (χ2n) is 9.60. The third kappa shape index (κ3) is 4.90. The molecule has 40 heavy (non-hydrogen) atoms. The van der Waals surface area contributed by atoms with Crippen LogP contribution in [0.25, 0.3) is 5.69 Å². The predicted octanol–water partition coefficient (Wildman–Crippen LogP) is 5.93. The lowest BCUT2D eigenvalue weighted by molar-refractivity contribution is -0.137. The Morgan fingerprint density at radius 3 is 2.25 bits per heavy atom. The minimum absolute atomic E-state index is 0.194. The molecule has 2 atom stereocenters. The number of hydrogen-bond acceptors (Lipinski definition) is 4. The van der Waals surface area contributed by atoms with Gasteiger partial charge in [-0.05, 0) is 61.9 Å². The summed E-state index contributed by atoms with van der Waals surface area (Å²) < 4.78 is 82.7. The molecule has 0 aliphatic carbocycles. The summed E-state index contributed by atoms with van der Waals surface area (Å²) in [4.78, 5) is 15.0. The zero-order valence-electron chi connectivity index (χ0n) is 21.6. The van der Waals surface area contributed by atoms with Crippen LogP contribution in [-0.2, 0) is 20.8 Å². The fraction of sp³-hybridized carbons (Fsp3) is 0.241. The Morgan fingerprint density at radius 2 is 1.62 bits per heavy atom. The number of anilines is 1. The van der Waals surface area contributed by atoms with E-state index >= 15 is 0 Å². The van der Waals surface area contributed by atoms with E-state index in [9.17, 15) is 30.8 Å². The van der Waals surface area contributed by atoms with Crippen molar-refractivity contribution in [2.45, 2.75) is 30.8 Å². The van der Waals surface area contributed by atoms with Gasteiger partial charge in [0.15, 0.2) is 9.84 Å². The minimum Gasteiger partial charge on any atom is -0.296 e. The highest BCUT2D eigenvalue weighted by Crippen LogP contribution is 2.47. The fourth-order valence-corrected chi connectivity index (χ4v) is 6.88. The van der Waals surface area contributed by atoms with Gasteiger partial charge in [0.25, 0.3) is 0 Å². The van der Waals surface area contributed by atoms with Crippen molar-refractivity contribution in [3.8, 4) is 5.69 Å². The summed E-state index contributed by atoms with van der Waals surface area (Å²) in [5.41, 5.74) is 1.22. The molecule has 0 N–H and O–H groups in total. The molecule has 6 nitrogen and oxygen atoms in total. The van der Waals surface area contributed by atoms with Crippen LogP contribution in [0.1, 0.15) is 35.2 Å². The Balaban J connectivity index is 1.69. The zero-order valence-corrected chi connectivity index (χ0v) is 22.4. The molecule has 1 amide bonds. The van der Waals surface area contributed by atoms with Gasteiger partial charge in [-0.1, -0.05) is 36.4 Å². The molecule has 5 rings (SSSR count). The van der Waals surface area contributed by atoms with Gasteiger partial charge >= 0.3 is 6.18 Å². The van der Waals surface area contributed by atoms with Crippen LogP contribution in [0.4, 0.5) is 23.4 Å². The number of alkyl halides is 3. The van der Waals surface area contributed by atoms with Crippen molar-refractivity contribution in [2.24, 2.45) is 5.92 Å². The monoisotopic (exact) mass is 571 g/mol. The van der Waals surface area contributed by atoms with Crippen LogP contribution in [0.5, 0.6) is 0 Å². The Kier molecular flexibility index (Phi) is 7.03. The first-order chi connectivity index (χ1) is 18.9. The van der Waals surface area contributed by atoms with E-state index in [-0.39, 0.29) is 6.54 Å². The van der Waals surface area contributed by atoms with E-state index in [1.807, 2.05) is 30.3 Å². The average molecular weight is 572 g/mol. The lowest BCUT2D eigenvalue weighted by Gasteiger charge is -2.38. The van der Waals surface area contributed by atoms with Gasteiger partial charge in [-0.3, -0.25) is 9.69 Å². The van der Waals surface area contributed by atoms with Crippen LogP contribution < -0.4 is 4.90 Å². The van der Waals surface area contributed by atoms with Crippen molar-refractivity contribution in [1.82, 2.24) is 9.78 Å². The third-order valence-electron chi connectivity index (χ3n) is 7.10. The maximum Gasteiger partial charge on any atom is 0.416 e. The molecule has 0 bridgehead atoms. The molecule has 0 unspecified atom stereocenters. The van der Waals surface area contributed by atoms with Gasteiger partial charge in [0.1, 0.15) is 11.6 Å². The third-order valence-corrected chi connectivity index (χ3v) is 8.87. The summed E-state index contributed by atoms with van der Waals surface area (Å²) in [6.45, 7) is 3.69. The largest absolute Gasteiger partial charge is 0.416 e. The molecule has 0 saturated heterocycles. The van der Waals surface area contributed by atoms with Gasteiger partial charge in [-0.25, -0.2) is 17.5 Å². The topological polar surface area (TPSA) is 72.3 Å². The molecule has 208 valence electrons. The number of carbonyl (C=O) groups excluding carboxylic acids is 1. The number of benzene rings is 3. The number of halogens is 4. The minimum atomic E-state index is -4.74. The number of sulfone groups is 1. The normalized spacial score (nSPS) is 17.6. The van der Waals surface area contributed by atoms with Gasteiger partial charge < -0.3 is 0 Å². The second kappa shape index (κ2) is 10.2. The Labute approximate surface area is 228 Å². The van der Waals surface area contributed by atoms with E-state index < -0.39 is 55.8 Å². The van der Waals surface area contributed by atoms with Crippen LogP contribution in [0.2, 0.25) is 0 Å². The highest BCUT2D eigenvalue weighted by atomic mass is 32.2. The molecule has 2 heterocycles. The first-order valence-electron chi connectivity index (χ1n) is 12.5. The molecule has 0 saturated carbocycles. The summed E-state index contributed by atoms with van der Waals surface area (Å²) in [6.07, 6.45) is -4.74. The Hall–Kier alpha value is -3.99. The van der Waals surface area contributed by atoms with Gasteiger partial charge in [-0.2, -0.15) is 18.3 Å². The van der Waals surface area contributed by atoms with Gasteiger partial charge in [0, 0.05) is 18.0 Å². The van der Waals surface area contributed by atoms with Crippen molar-refractivity contribution in [2.75, 3.05) is 17.2 Å². The first-order valence-corrected chi connectivity index (χ1v) is 14.2. The SMILES string of the molecule is CCN1C(=O)[C@@H](CS(=O)(=O)c2cccc(C(F)(F)F)c2)[C@@H](c2ccc(F)cc2)c2c(C)nn(-c3ccccc3)c21. The number of aryl methyl sites for hydroxylation is 1. The van der Waals surface area contributed by atoms with Crippen LogP contribution >= 0.6 is 0 Å². The first kappa shape index (κ1) is 27.6. The zero-order chi connectivity index (χ0) is 28.8. The molecule has 1 aliphatic heterocycles. The molecule has 3 aromatic carbocycles. The predicted molar refractivity (Wildman–Crippen MR) is 142 cm³/mol. The summed E-state index contributed by atoms with van der Waals surface area (Å²) in [6, 6.07) is 18.0. The van der Waals surface area contributed by atoms with Gasteiger partial charge in [0.05, 0.1) is 33.5 Å². The van der Waals surface area contributed by atoms with Crippen molar-refractivity contribution >= 4 is 21.6 Å². The van der Waals surface area contributed by atoms with Crippen molar-refractivity contribution < 1.29 is 30.8 Å². The van der Waals surface area contributed by atoms with E-state index in [1.54, 1.807) is 18.5 Å². The Bertz CT molecular complexity index is 1670. The molecule has 11 heteroatoms. The number of para-hydroxylation sites is 1. The molecule has 1 aromatic heterocycles. The fourth-order valence-electron chi connectivity index (χ4n) is 5.29. The average Bonchev–Trinajstić information content (AvgIpc) is 3.26. The molecule has 0 fully saturated rings. The highest BCUT2D eigenvalue weighted by molar-refractivity contribution is 7.91. The Morgan fingerprint density at radius 1 is 0.950 bits per heavy atom. The summed E-state index contributed by atoms with van der Waals surface area (Å²) in [7, 11) is -4.37. The van der Waals surface area contributed by atoms with Crippen LogP contribution in [0.15, 0.2) is 83.8 Å². The van der Waals surface area contributed by atoms with Crippen molar-refractivity contribution in [1.29, 1.82) is 0 Å². The number of carbonyl (C=O) groups is 1. The second-order valence-corrected chi connectivity index (χ2v) is 11.6. The molecular weight excluding hydrogens is 546 g/mol. The van der Waals surface area contributed by atoms with Crippen LogP contribution in [-0.4, -0.2) is 36.4 Å². The van der Waals surface area contributed by atoms with E-state index in [4.69, 9.17) is 5.10 Å². The summed E-state index contributed by atoms with van der Waals surface area (Å²) in [5, 5.41) is 4.69. The van der Waals surface area contributed by atoms with Crippen molar-refractivity contribution in [3.05, 3.63) is 107 Å². The number of aromatic nitrogens is 2. The highest BCUT2D eigenvalue weighted by Gasteiger charge is 2.46. The van der Waals surface area contributed by atoms with Crippen molar-refractivity contribution in [3.63, 3.8) is 0 Å². The summed E-state index contributed by atoms with van der Waals surface area (Å²) >= 11 is 0. The lowest BCUT2D eigenvalue weighted by atomic mass is 9.78. The maximum absolute atomic E-state index is 14.1.